The van der Waals surface area contributed by atoms with Gasteiger partial charge in [-0.1, -0.05) is 19.8 Å². The molecule has 0 saturated heterocycles. The summed E-state index contributed by atoms with van der Waals surface area (Å²) in [6.45, 7) is 5.42. The van der Waals surface area contributed by atoms with E-state index in [4.69, 9.17) is 5.73 Å². The van der Waals surface area contributed by atoms with Crippen LogP contribution in [0.1, 0.15) is 38.2 Å². The Labute approximate surface area is 104 Å². The van der Waals surface area contributed by atoms with E-state index >= 15 is 0 Å². The zero-order chi connectivity index (χ0) is 12.3. The molecule has 0 spiro atoms. The SMILES string of the molecule is Cc1cc(NCC2CCC(C)CC2)ncc1N. The maximum Gasteiger partial charge on any atom is 0.126 e. The van der Waals surface area contributed by atoms with Crippen LogP contribution in [0.3, 0.4) is 0 Å². The first-order chi connectivity index (χ1) is 8.15. The standard InChI is InChI=1S/C14H23N3/c1-10-3-5-12(6-4-10)8-16-14-7-11(2)13(15)9-17-14/h7,9-10,12H,3-6,8,15H2,1-2H3,(H,16,17). The van der Waals surface area contributed by atoms with Crippen LogP contribution >= 0.6 is 0 Å². The number of pyridine rings is 1. The molecular formula is C14H23N3. The molecule has 94 valence electrons. The molecule has 0 aromatic carbocycles. The second-order valence-electron chi connectivity index (χ2n) is 5.43. The maximum absolute atomic E-state index is 5.75. The first kappa shape index (κ1) is 12.2. The summed E-state index contributed by atoms with van der Waals surface area (Å²) in [4.78, 5) is 4.30. The van der Waals surface area contributed by atoms with Crippen molar-refractivity contribution in [2.75, 3.05) is 17.6 Å². The summed E-state index contributed by atoms with van der Waals surface area (Å²) in [5.41, 5.74) is 7.62. The molecule has 0 amide bonds. The predicted octanol–water partition coefficient (Wildman–Crippen LogP) is 3.21. The molecule has 0 bridgehead atoms. The van der Waals surface area contributed by atoms with Gasteiger partial charge in [-0.05, 0) is 43.2 Å². The monoisotopic (exact) mass is 233 g/mol. The van der Waals surface area contributed by atoms with Crippen molar-refractivity contribution in [3.63, 3.8) is 0 Å². The Bertz CT molecular complexity index is 368. The molecule has 0 atom stereocenters. The van der Waals surface area contributed by atoms with Crippen molar-refractivity contribution in [1.29, 1.82) is 0 Å². The highest BCUT2D eigenvalue weighted by molar-refractivity contribution is 5.50. The van der Waals surface area contributed by atoms with Gasteiger partial charge in [-0.15, -0.1) is 0 Å². The summed E-state index contributed by atoms with van der Waals surface area (Å²) >= 11 is 0. The second-order valence-corrected chi connectivity index (χ2v) is 5.43. The smallest absolute Gasteiger partial charge is 0.126 e. The van der Waals surface area contributed by atoms with Crippen molar-refractivity contribution in [3.05, 3.63) is 17.8 Å². The Hall–Kier alpha value is -1.25. The fraction of sp³-hybridized carbons (Fsp3) is 0.643. The third-order valence-corrected chi connectivity index (χ3v) is 3.86. The Morgan fingerprint density at radius 3 is 2.71 bits per heavy atom. The van der Waals surface area contributed by atoms with E-state index in [-0.39, 0.29) is 0 Å². The van der Waals surface area contributed by atoms with Gasteiger partial charge in [0.2, 0.25) is 0 Å². The third-order valence-electron chi connectivity index (χ3n) is 3.86. The van der Waals surface area contributed by atoms with Gasteiger partial charge in [0.1, 0.15) is 5.82 Å². The number of rotatable bonds is 3. The van der Waals surface area contributed by atoms with Crippen LogP contribution in [-0.4, -0.2) is 11.5 Å². The van der Waals surface area contributed by atoms with Gasteiger partial charge in [-0.25, -0.2) is 4.98 Å². The van der Waals surface area contributed by atoms with Gasteiger partial charge in [-0.3, -0.25) is 0 Å². The van der Waals surface area contributed by atoms with E-state index in [1.165, 1.54) is 25.7 Å². The lowest BCUT2D eigenvalue weighted by Crippen LogP contribution is -2.20. The highest BCUT2D eigenvalue weighted by atomic mass is 15.0. The van der Waals surface area contributed by atoms with Crippen LogP contribution in [-0.2, 0) is 0 Å². The van der Waals surface area contributed by atoms with E-state index in [9.17, 15) is 0 Å². The van der Waals surface area contributed by atoms with E-state index in [0.29, 0.717) is 0 Å². The number of nitrogen functional groups attached to an aromatic ring is 1. The van der Waals surface area contributed by atoms with Gasteiger partial charge in [0.15, 0.2) is 0 Å². The highest BCUT2D eigenvalue weighted by Gasteiger charge is 2.17. The van der Waals surface area contributed by atoms with Gasteiger partial charge < -0.3 is 11.1 Å². The van der Waals surface area contributed by atoms with Gasteiger partial charge >= 0.3 is 0 Å². The minimum Gasteiger partial charge on any atom is -0.397 e. The molecule has 2 rings (SSSR count). The number of hydrogen-bond donors (Lipinski definition) is 2. The van der Waals surface area contributed by atoms with Gasteiger partial charge in [0, 0.05) is 6.54 Å². The molecule has 1 aliphatic rings. The van der Waals surface area contributed by atoms with Crippen molar-refractivity contribution < 1.29 is 0 Å². The van der Waals surface area contributed by atoms with Crippen molar-refractivity contribution >= 4 is 11.5 Å². The van der Waals surface area contributed by atoms with Crippen molar-refractivity contribution in [2.24, 2.45) is 11.8 Å². The van der Waals surface area contributed by atoms with Crippen molar-refractivity contribution in [3.8, 4) is 0 Å². The molecule has 0 aliphatic heterocycles. The number of nitrogens with two attached hydrogens (primary N) is 1. The zero-order valence-corrected chi connectivity index (χ0v) is 10.9. The van der Waals surface area contributed by atoms with Gasteiger partial charge in [-0.2, -0.15) is 0 Å². The first-order valence-corrected chi connectivity index (χ1v) is 6.61. The van der Waals surface area contributed by atoms with E-state index < -0.39 is 0 Å². The Morgan fingerprint density at radius 2 is 2.06 bits per heavy atom. The lowest BCUT2D eigenvalue weighted by Gasteiger charge is -2.26. The predicted molar refractivity (Wildman–Crippen MR) is 73.0 cm³/mol. The maximum atomic E-state index is 5.75. The lowest BCUT2D eigenvalue weighted by atomic mass is 9.83. The van der Waals surface area contributed by atoms with Crippen LogP contribution in [0.4, 0.5) is 11.5 Å². The Kier molecular flexibility index (Phi) is 3.87. The van der Waals surface area contributed by atoms with Crippen LogP contribution < -0.4 is 11.1 Å². The molecule has 3 nitrogen and oxygen atoms in total. The minimum absolute atomic E-state index is 0.766. The molecule has 1 heterocycles. The molecule has 1 aliphatic carbocycles. The van der Waals surface area contributed by atoms with Crippen LogP contribution in [0, 0.1) is 18.8 Å². The van der Waals surface area contributed by atoms with Crippen LogP contribution in [0.5, 0.6) is 0 Å². The molecule has 1 aromatic heterocycles. The molecule has 0 unspecified atom stereocenters. The largest absolute Gasteiger partial charge is 0.397 e. The van der Waals surface area contributed by atoms with E-state index in [0.717, 1.165) is 35.4 Å². The topological polar surface area (TPSA) is 50.9 Å². The van der Waals surface area contributed by atoms with Crippen LogP contribution in [0.15, 0.2) is 12.3 Å². The van der Waals surface area contributed by atoms with Gasteiger partial charge in [0.05, 0.1) is 11.9 Å². The fourth-order valence-corrected chi connectivity index (χ4v) is 2.45. The van der Waals surface area contributed by atoms with Crippen molar-refractivity contribution in [2.45, 2.75) is 39.5 Å². The normalized spacial score (nSPS) is 24.6. The van der Waals surface area contributed by atoms with Crippen LogP contribution in [0.25, 0.3) is 0 Å². The summed E-state index contributed by atoms with van der Waals surface area (Å²) in [7, 11) is 0. The summed E-state index contributed by atoms with van der Waals surface area (Å²) in [5.74, 6) is 2.68. The second kappa shape index (κ2) is 5.39. The molecular weight excluding hydrogens is 210 g/mol. The number of aryl methyl sites for hydroxylation is 1. The minimum atomic E-state index is 0.766. The summed E-state index contributed by atoms with van der Waals surface area (Å²) in [5, 5.41) is 3.43. The molecule has 1 aromatic rings. The summed E-state index contributed by atoms with van der Waals surface area (Å²) < 4.78 is 0. The fourth-order valence-electron chi connectivity index (χ4n) is 2.45. The van der Waals surface area contributed by atoms with Gasteiger partial charge in [0.25, 0.3) is 0 Å². The highest BCUT2D eigenvalue weighted by Crippen LogP contribution is 2.28. The Balaban J connectivity index is 1.83. The molecule has 3 N–H and O–H groups in total. The van der Waals surface area contributed by atoms with Crippen LogP contribution in [0.2, 0.25) is 0 Å². The molecule has 3 heteroatoms. The zero-order valence-electron chi connectivity index (χ0n) is 10.9. The number of hydrogen-bond acceptors (Lipinski definition) is 3. The van der Waals surface area contributed by atoms with E-state index in [1.54, 1.807) is 6.20 Å². The molecule has 17 heavy (non-hydrogen) atoms. The molecule has 1 fully saturated rings. The number of nitrogens with zero attached hydrogens (tertiary/aromatic N) is 1. The van der Waals surface area contributed by atoms with E-state index in [1.807, 2.05) is 13.0 Å². The Morgan fingerprint density at radius 1 is 1.35 bits per heavy atom. The summed E-state index contributed by atoms with van der Waals surface area (Å²) in [6, 6.07) is 2.03. The molecule has 0 radical (unpaired) electrons. The van der Waals surface area contributed by atoms with E-state index in [2.05, 4.69) is 17.2 Å². The quantitative estimate of drug-likeness (QED) is 0.843. The average molecular weight is 233 g/mol. The number of aromatic nitrogens is 1. The third kappa shape index (κ3) is 3.35. The molecule has 1 saturated carbocycles. The lowest BCUT2D eigenvalue weighted by molar-refractivity contribution is 0.300. The van der Waals surface area contributed by atoms with Crippen molar-refractivity contribution in [1.82, 2.24) is 4.98 Å². The number of nitrogens with one attached hydrogen (secondary N) is 1. The first-order valence-electron chi connectivity index (χ1n) is 6.61. The number of anilines is 2. The summed E-state index contributed by atoms with van der Waals surface area (Å²) in [6.07, 6.45) is 7.19. The average Bonchev–Trinajstić information content (AvgIpc) is 2.33.